The van der Waals surface area contributed by atoms with E-state index in [1.54, 1.807) is 28.5 Å². The Morgan fingerprint density at radius 3 is 2.56 bits per heavy atom. The number of rotatable bonds is 8. The van der Waals surface area contributed by atoms with Crippen molar-refractivity contribution in [1.82, 2.24) is 0 Å². The van der Waals surface area contributed by atoms with Gasteiger partial charge >= 0.3 is 5.13 Å². The minimum atomic E-state index is -0.407. The van der Waals surface area contributed by atoms with E-state index >= 15 is 0 Å². The van der Waals surface area contributed by atoms with Crippen molar-refractivity contribution in [3.63, 3.8) is 0 Å². The van der Waals surface area contributed by atoms with Crippen molar-refractivity contribution >= 4 is 38.1 Å². The molecule has 0 amide bonds. The third-order valence-electron chi connectivity index (χ3n) is 4.22. The SMILES string of the molecule is CCCC[n+]1c(/N=N/N(CC)c2ccc([N+](=O)[O-])cc2)sc2ccccc21. The second-order valence-electron chi connectivity index (χ2n) is 6.04. The highest BCUT2D eigenvalue weighted by molar-refractivity contribution is 7.21. The largest absolute Gasteiger partial charge is 0.411 e. The molecule has 3 rings (SSSR count). The molecule has 0 aliphatic rings. The molecule has 0 saturated carbocycles. The first-order valence-corrected chi connectivity index (χ1v) is 9.80. The van der Waals surface area contributed by atoms with E-state index in [-0.39, 0.29) is 5.69 Å². The van der Waals surface area contributed by atoms with Gasteiger partial charge in [0.25, 0.3) is 5.69 Å². The zero-order chi connectivity index (χ0) is 19.2. The zero-order valence-corrected chi connectivity index (χ0v) is 16.2. The van der Waals surface area contributed by atoms with Gasteiger partial charge in [0.05, 0.1) is 27.1 Å². The van der Waals surface area contributed by atoms with Crippen molar-refractivity contribution in [1.29, 1.82) is 0 Å². The highest BCUT2D eigenvalue weighted by Crippen LogP contribution is 2.27. The van der Waals surface area contributed by atoms with E-state index in [1.165, 1.54) is 22.3 Å². The molecule has 0 aliphatic carbocycles. The van der Waals surface area contributed by atoms with Crippen LogP contribution in [0.3, 0.4) is 0 Å². The average molecular weight is 384 g/mol. The first-order chi connectivity index (χ1) is 13.1. The van der Waals surface area contributed by atoms with Gasteiger partial charge in [-0.2, -0.15) is 0 Å². The van der Waals surface area contributed by atoms with E-state index in [1.807, 2.05) is 19.1 Å². The van der Waals surface area contributed by atoms with Crippen molar-refractivity contribution < 1.29 is 9.49 Å². The van der Waals surface area contributed by atoms with Crippen molar-refractivity contribution in [2.24, 2.45) is 10.3 Å². The molecule has 0 spiro atoms. The van der Waals surface area contributed by atoms with E-state index in [4.69, 9.17) is 0 Å². The van der Waals surface area contributed by atoms with Crippen LogP contribution in [0.15, 0.2) is 58.9 Å². The van der Waals surface area contributed by atoms with Gasteiger partial charge in [-0.1, -0.05) is 25.5 Å². The van der Waals surface area contributed by atoms with Crippen molar-refractivity contribution in [3.8, 4) is 0 Å². The summed E-state index contributed by atoms with van der Waals surface area (Å²) in [6.07, 6.45) is 2.19. The molecule has 1 heterocycles. The molecular formula is C19H22N5O2S+. The molecule has 0 fully saturated rings. The number of nitro benzene ring substituents is 1. The van der Waals surface area contributed by atoms with Gasteiger partial charge in [0.2, 0.25) is 0 Å². The number of aromatic nitrogens is 1. The lowest BCUT2D eigenvalue weighted by Gasteiger charge is -2.11. The van der Waals surface area contributed by atoms with Crippen LogP contribution in [0.2, 0.25) is 0 Å². The van der Waals surface area contributed by atoms with Gasteiger partial charge < -0.3 is 0 Å². The predicted octanol–water partition coefficient (Wildman–Crippen LogP) is 5.42. The summed E-state index contributed by atoms with van der Waals surface area (Å²) in [5.74, 6) is 0. The lowest BCUT2D eigenvalue weighted by Crippen LogP contribution is -2.32. The summed E-state index contributed by atoms with van der Waals surface area (Å²) in [7, 11) is 0. The Kier molecular flexibility index (Phi) is 6.08. The lowest BCUT2D eigenvalue weighted by molar-refractivity contribution is -0.655. The Balaban J connectivity index is 1.89. The van der Waals surface area contributed by atoms with E-state index in [0.717, 1.165) is 30.2 Å². The average Bonchev–Trinajstić information content (AvgIpc) is 3.04. The van der Waals surface area contributed by atoms with Crippen LogP contribution in [-0.2, 0) is 6.54 Å². The van der Waals surface area contributed by atoms with Crippen LogP contribution < -0.4 is 9.58 Å². The Bertz CT molecular complexity index is 952. The molecule has 0 unspecified atom stereocenters. The fourth-order valence-electron chi connectivity index (χ4n) is 2.77. The molecule has 3 aromatic rings. The number of non-ortho nitro benzene ring substituents is 1. The number of aryl methyl sites for hydroxylation is 1. The predicted molar refractivity (Wildman–Crippen MR) is 108 cm³/mol. The molecule has 0 atom stereocenters. The smallest absolute Gasteiger partial charge is 0.258 e. The van der Waals surface area contributed by atoms with Crippen LogP contribution in [0.25, 0.3) is 10.2 Å². The number of anilines is 1. The van der Waals surface area contributed by atoms with E-state index in [2.05, 4.69) is 34.0 Å². The summed E-state index contributed by atoms with van der Waals surface area (Å²) in [5.41, 5.74) is 2.00. The molecule has 1 aromatic heterocycles. The number of hydrogen-bond donors (Lipinski definition) is 0. The van der Waals surface area contributed by atoms with Crippen LogP contribution in [0.4, 0.5) is 16.5 Å². The quantitative estimate of drug-likeness (QED) is 0.225. The minimum absolute atomic E-state index is 0.0636. The summed E-state index contributed by atoms with van der Waals surface area (Å²) in [5, 5.41) is 22.3. The Morgan fingerprint density at radius 1 is 1.15 bits per heavy atom. The summed E-state index contributed by atoms with van der Waals surface area (Å²) in [6, 6.07) is 14.6. The topological polar surface area (TPSA) is 75.0 Å². The zero-order valence-electron chi connectivity index (χ0n) is 15.4. The summed E-state index contributed by atoms with van der Waals surface area (Å²) in [6.45, 7) is 5.65. The van der Waals surface area contributed by atoms with Crippen LogP contribution in [-0.4, -0.2) is 11.5 Å². The molecule has 0 bridgehead atoms. The molecular weight excluding hydrogens is 362 g/mol. The van der Waals surface area contributed by atoms with Crippen LogP contribution in [0.1, 0.15) is 26.7 Å². The lowest BCUT2D eigenvalue weighted by atomic mass is 10.3. The summed E-state index contributed by atoms with van der Waals surface area (Å²) >= 11 is 1.61. The number of thiazole rings is 1. The maximum absolute atomic E-state index is 10.8. The Morgan fingerprint density at radius 2 is 1.89 bits per heavy atom. The number of para-hydroxylation sites is 1. The number of nitrogens with zero attached hydrogens (tertiary/aromatic N) is 5. The summed E-state index contributed by atoms with van der Waals surface area (Å²) < 4.78 is 3.39. The van der Waals surface area contributed by atoms with Gasteiger partial charge in [-0.15, -0.1) is 0 Å². The number of nitro groups is 1. The van der Waals surface area contributed by atoms with Crippen molar-refractivity contribution in [2.45, 2.75) is 33.2 Å². The standard InChI is InChI=1S/C19H22N5O2S/c1-3-5-14-22-17-8-6-7-9-18(17)27-19(22)20-21-23(4-2)15-10-12-16(13-11-15)24(25)26/h6-13H,3-5,14H2,1-2H3/q+1. The Labute approximate surface area is 161 Å². The van der Waals surface area contributed by atoms with E-state index < -0.39 is 4.92 Å². The summed E-state index contributed by atoms with van der Waals surface area (Å²) in [4.78, 5) is 10.4. The van der Waals surface area contributed by atoms with E-state index in [9.17, 15) is 10.1 Å². The van der Waals surface area contributed by atoms with Gasteiger partial charge in [-0.3, -0.25) is 10.1 Å². The van der Waals surface area contributed by atoms with E-state index in [0.29, 0.717) is 6.54 Å². The number of hydrogen-bond acceptors (Lipinski definition) is 5. The third-order valence-corrected chi connectivity index (χ3v) is 5.27. The molecule has 27 heavy (non-hydrogen) atoms. The van der Waals surface area contributed by atoms with Gasteiger partial charge in [0.15, 0.2) is 0 Å². The van der Waals surface area contributed by atoms with Crippen molar-refractivity contribution in [2.75, 3.05) is 11.6 Å². The molecule has 0 radical (unpaired) electrons. The maximum Gasteiger partial charge on any atom is 0.411 e. The number of unbranched alkanes of at least 4 members (excludes halogenated alkanes) is 1. The first kappa shape index (κ1) is 18.9. The molecule has 0 N–H and O–H groups in total. The third kappa shape index (κ3) is 4.28. The van der Waals surface area contributed by atoms with Gasteiger partial charge in [-0.25, -0.2) is 9.58 Å². The van der Waals surface area contributed by atoms with Gasteiger partial charge in [0.1, 0.15) is 10.6 Å². The molecule has 2 aromatic carbocycles. The second-order valence-corrected chi connectivity index (χ2v) is 7.05. The first-order valence-electron chi connectivity index (χ1n) is 8.99. The molecule has 0 saturated heterocycles. The normalized spacial score (nSPS) is 11.3. The van der Waals surface area contributed by atoms with Crippen LogP contribution >= 0.6 is 11.3 Å². The second kappa shape index (κ2) is 8.68. The molecule has 0 aliphatic heterocycles. The molecule has 140 valence electrons. The highest BCUT2D eigenvalue weighted by atomic mass is 32.1. The Hall–Kier alpha value is -2.87. The van der Waals surface area contributed by atoms with Gasteiger partial charge in [0, 0.05) is 18.7 Å². The fraction of sp³-hybridized carbons (Fsp3) is 0.316. The molecule has 7 nitrogen and oxygen atoms in total. The number of fused-ring (bicyclic) bond motifs is 1. The van der Waals surface area contributed by atoms with Crippen LogP contribution in [0, 0.1) is 10.1 Å². The molecule has 8 heteroatoms. The van der Waals surface area contributed by atoms with Crippen molar-refractivity contribution in [3.05, 3.63) is 58.6 Å². The monoisotopic (exact) mass is 384 g/mol. The highest BCUT2D eigenvalue weighted by Gasteiger charge is 2.19. The number of benzene rings is 2. The van der Waals surface area contributed by atoms with Gasteiger partial charge in [-0.05, 0) is 48.9 Å². The fourth-order valence-corrected chi connectivity index (χ4v) is 3.77. The van der Waals surface area contributed by atoms with Crippen LogP contribution in [0.5, 0.6) is 0 Å². The minimum Gasteiger partial charge on any atom is -0.258 e. The maximum atomic E-state index is 10.8.